The van der Waals surface area contributed by atoms with Gasteiger partial charge < -0.3 is 15.1 Å². The SMILES string of the molecule is CCNC(=NCc1nc(C)c(C)o1)NCC(C)c1ccc(F)c(F)c1. The zero-order valence-electron chi connectivity index (χ0n) is 15.0. The fourth-order valence-electron chi connectivity index (χ4n) is 2.28. The van der Waals surface area contributed by atoms with Crippen molar-refractivity contribution in [3.05, 3.63) is 52.7 Å². The number of aliphatic imine (C=N–C) groups is 1. The van der Waals surface area contributed by atoms with E-state index in [1.807, 2.05) is 27.7 Å². The van der Waals surface area contributed by atoms with Gasteiger partial charge in [-0.15, -0.1) is 0 Å². The van der Waals surface area contributed by atoms with Crippen LogP contribution in [0.4, 0.5) is 8.78 Å². The highest BCUT2D eigenvalue weighted by atomic mass is 19.2. The molecule has 1 aromatic carbocycles. The maximum absolute atomic E-state index is 13.4. The van der Waals surface area contributed by atoms with Gasteiger partial charge in [0.05, 0.1) is 5.69 Å². The van der Waals surface area contributed by atoms with E-state index >= 15 is 0 Å². The molecule has 0 aliphatic carbocycles. The van der Waals surface area contributed by atoms with Crippen LogP contribution in [0.15, 0.2) is 27.6 Å². The van der Waals surface area contributed by atoms with E-state index in [9.17, 15) is 8.78 Å². The molecule has 0 saturated heterocycles. The Bertz CT molecular complexity index is 723. The molecule has 2 aromatic rings. The van der Waals surface area contributed by atoms with Crippen LogP contribution in [0.5, 0.6) is 0 Å². The van der Waals surface area contributed by atoms with E-state index in [-0.39, 0.29) is 5.92 Å². The van der Waals surface area contributed by atoms with Gasteiger partial charge in [0.25, 0.3) is 0 Å². The molecule has 0 aliphatic rings. The van der Waals surface area contributed by atoms with Crippen molar-refractivity contribution in [2.24, 2.45) is 4.99 Å². The molecule has 2 N–H and O–H groups in total. The van der Waals surface area contributed by atoms with Gasteiger partial charge >= 0.3 is 0 Å². The molecule has 25 heavy (non-hydrogen) atoms. The number of hydrogen-bond donors (Lipinski definition) is 2. The first-order valence-electron chi connectivity index (χ1n) is 8.30. The quantitative estimate of drug-likeness (QED) is 0.619. The van der Waals surface area contributed by atoms with E-state index in [0.29, 0.717) is 31.5 Å². The summed E-state index contributed by atoms with van der Waals surface area (Å²) in [6.07, 6.45) is 0. The molecule has 7 heteroatoms. The number of hydrogen-bond acceptors (Lipinski definition) is 3. The number of aryl methyl sites for hydroxylation is 2. The van der Waals surface area contributed by atoms with Crippen LogP contribution in [0.25, 0.3) is 0 Å². The Balaban J connectivity index is 1.97. The number of benzene rings is 1. The highest BCUT2D eigenvalue weighted by Crippen LogP contribution is 2.17. The summed E-state index contributed by atoms with van der Waals surface area (Å²) in [4.78, 5) is 8.74. The minimum absolute atomic E-state index is 0.00909. The number of nitrogens with one attached hydrogen (secondary N) is 2. The van der Waals surface area contributed by atoms with Crippen molar-refractivity contribution >= 4 is 5.96 Å². The summed E-state index contributed by atoms with van der Waals surface area (Å²) < 4.78 is 31.9. The molecular formula is C18H24F2N4O. The van der Waals surface area contributed by atoms with Gasteiger partial charge in [0, 0.05) is 13.1 Å². The lowest BCUT2D eigenvalue weighted by Gasteiger charge is -2.16. The fraction of sp³-hybridized carbons (Fsp3) is 0.444. The van der Waals surface area contributed by atoms with Gasteiger partial charge in [-0.05, 0) is 44.4 Å². The van der Waals surface area contributed by atoms with Crippen molar-refractivity contribution in [2.45, 2.75) is 40.2 Å². The number of guanidine groups is 1. The van der Waals surface area contributed by atoms with Gasteiger partial charge in [-0.25, -0.2) is 18.8 Å². The topological polar surface area (TPSA) is 62.5 Å². The van der Waals surface area contributed by atoms with E-state index in [2.05, 4.69) is 20.6 Å². The van der Waals surface area contributed by atoms with E-state index in [1.165, 1.54) is 6.07 Å². The van der Waals surface area contributed by atoms with E-state index in [0.717, 1.165) is 23.1 Å². The molecule has 0 saturated carbocycles. The molecular weight excluding hydrogens is 326 g/mol. The van der Waals surface area contributed by atoms with Crippen molar-refractivity contribution in [3.63, 3.8) is 0 Å². The second-order valence-corrected chi connectivity index (χ2v) is 5.90. The summed E-state index contributed by atoms with van der Waals surface area (Å²) in [5.41, 5.74) is 1.58. The summed E-state index contributed by atoms with van der Waals surface area (Å²) in [6.45, 7) is 9.21. The normalized spacial score (nSPS) is 13.0. The Labute approximate surface area is 146 Å². The zero-order chi connectivity index (χ0) is 18.4. The highest BCUT2D eigenvalue weighted by molar-refractivity contribution is 5.79. The van der Waals surface area contributed by atoms with Crippen LogP contribution in [-0.2, 0) is 6.54 Å². The predicted octanol–water partition coefficient (Wildman–Crippen LogP) is 3.43. The average Bonchev–Trinajstić information content (AvgIpc) is 2.90. The van der Waals surface area contributed by atoms with Gasteiger partial charge in [-0.3, -0.25) is 0 Å². The first kappa shape index (κ1) is 18.9. The van der Waals surface area contributed by atoms with Gasteiger partial charge in [-0.2, -0.15) is 0 Å². The van der Waals surface area contributed by atoms with Crippen molar-refractivity contribution in [1.82, 2.24) is 15.6 Å². The second-order valence-electron chi connectivity index (χ2n) is 5.90. The minimum atomic E-state index is -0.838. The molecule has 0 bridgehead atoms. The molecule has 136 valence electrons. The Morgan fingerprint density at radius 3 is 2.60 bits per heavy atom. The lowest BCUT2D eigenvalue weighted by Crippen LogP contribution is -2.39. The van der Waals surface area contributed by atoms with E-state index in [4.69, 9.17) is 4.42 Å². The van der Waals surface area contributed by atoms with Gasteiger partial charge in [0.15, 0.2) is 17.6 Å². The number of rotatable bonds is 6. The van der Waals surface area contributed by atoms with Crippen molar-refractivity contribution in [1.29, 1.82) is 0 Å². The maximum Gasteiger partial charge on any atom is 0.216 e. The summed E-state index contributed by atoms with van der Waals surface area (Å²) in [7, 11) is 0. The monoisotopic (exact) mass is 350 g/mol. The number of oxazole rings is 1. The van der Waals surface area contributed by atoms with E-state index < -0.39 is 11.6 Å². The van der Waals surface area contributed by atoms with Gasteiger partial charge in [0.1, 0.15) is 12.3 Å². The van der Waals surface area contributed by atoms with E-state index in [1.54, 1.807) is 6.07 Å². The smallest absolute Gasteiger partial charge is 0.216 e. The zero-order valence-corrected chi connectivity index (χ0v) is 15.0. The Morgan fingerprint density at radius 2 is 2.00 bits per heavy atom. The average molecular weight is 350 g/mol. The Hall–Kier alpha value is -2.44. The van der Waals surface area contributed by atoms with Gasteiger partial charge in [-0.1, -0.05) is 13.0 Å². The molecule has 1 unspecified atom stereocenters. The molecule has 0 aliphatic heterocycles. The largest absolute Gasteiger partial charge is 0.444 e. The maximum atomic E-state index is 13.4. The minimum Gasteiger partial charge on any atom is -0.444 e. The van der Waals surface area contributed by atoms with Crippen LogP contribution >= 0.6 is 0 Å². The van der Waals surface area contributed by atoms with Crippen LogP contribution in [-0.4, -0.2) is 24.0 Å². The molecule has 0 fully saturated rings. The lowest BCUT2D eigenvalue weighted by molar-refractivity contribution is 0.472. The van der Waals surface area contributed by atoms with Crippen LogP contribution in [0, 0.1) is 25.5 Å². The summed E-state index contributed by atoms with van der Waals surface area (Å²) in [6, 6.07) is 3.96. The first-order valence-corrected chi connectivity index (χ1v) is 8.30. The van der Waals surface area contributed by atoms with Crippen molar-refractivity contribution in [2.75, 3.05) is 13.1 Å². The third kappa shape index (κ3) is 5.27. The van der Waals surface area contributed by atoms with Crippen LogP contribution in [0.1, 0.15) is 42.7 Å². The third-order valence-electron chi connectivity index (χ3n) is 3.88. The molecule has 5 nitrogen and oxygen atoms in total. The van der Waals surface area contributed by atoms with Crippen LogP contribution in [0.2, 0.25) is 0 Å². The molecule has 1 atom stereocenters. The number of aromatic nitrogens is 1. The first-order chi connectivity index (χ1) is 11.9. The molecule has 2 rings (SSSR count). The summed E-state index contributed by atoms with van der Waals surface area (Å²) in [5, 5.41) is 6.33. The molecule has 0 amide bonds. The Morgan fingerprint density at radius 1 is 1.24 bits per heavy atom. The summed E-state index contributed by atoms with van der Waals surface area (Å²) in [5.74, 6) is 0.279. The number of nitrogens with zero attached hydrogens (tertiary/aromatic N) is 2. The second kappa shape index (κ2) is 8.60. The number of halogens is 2. The Kier molecular flexibility index (Phi) is 6.50. The third-order valence-corrected chi connectivity index (χ3v) is 3.88. The van der Waals surface area contributed by atoms with Crippen LogP contribution in [0.3, 0.4) is 0 Å². The van der Waals surface area contributed by atoms with Crippen molar-refractivity contribution in [3.8, 4) is 0 Å². The van der Waals surface area contributed by atoms with Crippen molar-refractivity contribution < 1.29 is 13.2 Å². The summed E-state index contributed by atoms with van der Waals surface area (Å²) >= 11 is 0. The molecule has 1 heterocycles. The fourth-order valence-corrected chi connectivity index (χ4v) is 2.28. The highest BCUT2D eigenvalue weighted by Gasteiger charge is 2.11. The van der Waals surface area contributed by atoms with Gasteiger partial charge in [0.2, 0.25) is 5.89 Å². The standard InChI is InChI=1S/C18H24F2N4O/c1-5-21-18(23-10-17-24-12(3)13(4)25-17)22-9-11(2)14-6-7-15(19)16(20)8-14/h6-8,11H,5,9-10H2,1-4H3,(H2,21,22,23). The molecule has 0 spiro atoms. The van der Waals surface area contributed by atoms with Crippen LogP contribution < -0.4 is 10.6 Å². The molecule has 1 aromatic heterocycles. The predicted molar refractivity (Wildman–Crippen MR) is 93.6 cm³/mol. The lowest BCUT2D eigenvalue weighted by atomic mass is 10.0. The molecule has 0 radical (unpaired) electrons.